The van der Waals surface area contributed by atoms with Crippen molar-refractivity contribution in [1.82, 2.24) is 0 Å². The van der Waals surface area contributed by atoms with Crippen molar-refractivity contribution < 1.29 is 19.4 Å². The molecule has 0 atom stereocenters. The molecule has 4 nitrogen and oxygen atoms in total. The van der Waals surface area contributed by atoms with E-state index in [1.54, 1.807) is 7.11 Å². The second-order valence-corrected chi connectivity index (χ2v) is 4.32. The van der Waals surface area contributed by atoms with Crippen molar-refractivity contribution >= 4 is 5.97 Å². The van der Waals surface area contributed by atoms with E-state index in [9.17, 15) is 4.79 Å². The number of rotatable bonds is 6. The molecule has 0 spiro atoms. The third kappa shape index (κ3) is 4.02. The summed E-state index contributed by atoms with van der Waals surface area (Å²) in [7, 11) is 1.62. The molecule has 104 valence electrons. The standard InChI is InChI=1S/C16H16O4/c1-19-13-7-9-15(10-8-13)20-14-5-2-12(3-6-14)4-11-16(17)18/h2-3,5-10H,4,11H2,1H3,(H,17,18). The van der Waals surface area contributed by atoms with E-state index < -0.39 is 5.97 Å². The van der Waals surface area contributed by atoms with Crippen LogP contribution in [0.1, 0.15) is 12.0 Å². The predicted octanol–water partition coefficient (Wildman–Crippen LogP) is 3.50. The van der Waals surface area contributed by atoms with Gasteiger partial charge in [-0.1, -0.05) is 12.1 Å². The minimum Gasteiger partial charge on any atom is -0.497 e. The van der Waals surface area contributed by atoms with Crippen LogP contribution in [0.4, 0.5) is 0 Å². The van der Waals surface area contributed by atoms with Gasteiger partial charge in [0.15, 0.2) is 0 Å². The summed E-state index contributed by atoms with van der Waals surface area (Å²) in [5, 5.41) is 8.63. The summed E-state index contributed by atoms with van der Waals surface area (Å²) in [6, 6.07) is 14.7. The van der Waals surface area contributed by atoms with Gasteiger partial charge >= 0.3 is 5.97 Å². The highest BCUT2D eigenvalue weighted by Crippen LogP contribution is 2.24. The van der Waals surface area contributed by atoms with Crippen LogP contribution in [0, 0.1) is 0 Å². The average molecular weight is 272 g/mol. The Morgan fingerprint density at radius 1 is 0.950 bits per heavy atom. The van der Waals surface area contributed by atoms with Gasteiger partial charge in [0.2, 0.25) is 0 Å². The van der Waals surface area contributed by atoms with Crippen LogP contribution in [0.5, 0.6) is 17.2 Å². The lowest BCUT2D eigenvalue weighted by molar-refractivity contribution is -0.136. The molecule has 2 aromatic carbocycles. The number of hydrogen-bond donors (Lipinski definition) is 1. The van der Waals surface area contributed by atoms with Crippen LogP contribution in [0.15, 0.2) is 48.5 Å². The van der Waals surface area contributed by atoms with Gasteiger partial charge in [-0.2, -0.15) is 0 Å². The van der Waals surface area contributed by atoms with Crippen LogP contribution in [0.3, 0.4) is 0 Å². The molecule has 2 rings (SSSR count). The van der Waals surface area contributed by atoms with Crippen LogP contribution in [0.25, 0.3) is 0 Å². The first kappa shape index (κ1) is 13.9. The van der Waals surface area contributed by atoms with E-state index in [0.29, 0.717) is 12.2 Å². The van der Waals surface area contributed by atoms with Gasteiger partial charge in [0.05, 0.1) is 7.11 Å². The van der Waals surface area contributed by atoms with Crippen molar-refractivity contribution in [3.63, 3.8) is 0 Å². The maximum absolute atomic E-state index is 10.5. The largest absolute Gasteiger partial charge is 0.497 e. The Hall–Kier alpha value is -2.49. The van der Waals surface area contributed by atoms with Gasteiger partial charge < -0.3 is 14.6 Å². The van der Waals surface area contributed by atoms with E-state index in [-0.39, 0.29) is 6.42 Å². The molecule has 1 N–H and O–H groups in total. The van der Waals surface area contributed by atoms with E-state index >= 15 is 0 Å². The first-order valence-electron chi connectivity index (χ1n) is 6.30. The summed E-state index contributed by atoms with van der Waals surface area (Å²) in [5.41, 5.74) is 0.981. The van der Waals surface area contributed by atoms with Crippen molar-refractivity contribution in [1.29, 1.82) is 0 Å². The third-order valence-electron chi connectivity index (χ3n) is 2.85. The molecule has 0 bridgehead atoms. The summed E-state index contributed by atoms with van der Waals surface area (Å²) >= 11 is 0. The Balaban J connectivity index is 1.97. The lowest BCUT2D eigenvalue weighted by Crippen LogP contribution is -1.97. The zero-order chi connectivity index (χ0) is 14.4. The highest BCUT2D eigenvalue weighted by Gasteiger charge is 2.01. The van der Waals surface area contributed by atoms with Crippen molar-refractivity contribution in [3.05, 3.63) is 54.1 Å². The molecule has 0 saturated heterocycles. The Labute approximate surface area is 117 Å². The Morgan fingerprint density at radius 3 is 1.95 bits per heavy atom. The van der Waals surface area contributed by atoms with Gasteiger partial charge in [0, 0.05) is 6.42 Å². The number of aliphatic carboxylic acids is 1. The number of carbonyl (C=O) groups is 1. The molecule has 0 aliphatic heterocycles. The summed E-state index contributed by atoms with van der Waals surface area (Å²) in [6.45, 7) is 0. The average Bonchev–Trinajstić information content (AvgIpc) is 2.47. The van der Waals surface area contributed by atoms with Crippen LogP contribution in [-0.2, 0) is 11.2 Å². The lowest BCUT2D eigenvalue weighted by Gasteiger charge is -2.07. The molecule has 0 radical (unpaired) electrons. The van der Waals surface area contributed by atoms with Gasteiger partial charge in [-0.25, -0.2) is 0 Å². The smallest absolute Gasteiger partial charge is 0.303 e. The van der Waals surface area contributed by atoms with Crippen LogP contribution < -0.4 is 9.47 Å². The predicted molar refractivity (Wildman–Crippen MR) is 75.5 cm³/mol. The number of ether oxygens (including phenoxy) is 2. The fourth-order valence-corrected chi connectivity index (χ4v) is 1.76. The van der Waals surface area contributed by atoms with Crippen LogP contribution in [-0.4, -0.2) is 18.2 Å². The van der Waals surface area contributed by atoms with E-state index in [2.05, 4.69) is 0 Å². The van der Waals surface area contributed by atoms with Gasteiger partial charge in [-0.15, -0.1) is 0 Å². The van der Waals surface area contributed by atoms with Gasteiger partial charge in [-0.05, 0) is 48.4 Å². The Morgan fingerprint density at radius 2 is 1.45 bits per heavy atom. The Kier molecular flexibility index (Phi) is 4.60. The fraction of sp³-hybridized carbons (Fsp3) is 0.188. The molecule has 4 heteroatoms. The molecular weight excluding hydrogens is 256 g/mol. The third-order valence-corrected chi connectivity index (χ3v) is 2.85. The lowest BCUT2D eigenvalue weighted by atomic mass is 10.1. The van der Waals surface area contributed by atoms with Crippen molar-refractivity contribution in [2.24, 2.45) is 0 Å². The zero-order valence-corrected chi connectivity index (χ0v) is 11.2. The topological polar surface area (TPSA) is 55.8 Å². The molecule has 0 heterocycles. The quantitative estimate of drug-likeness (QED) is 0.874. The molecule has 0 amide bonds. The molecular formula is C16H16O4. The normalized spacial score (nSPS) is 10.1. The molecule has 0 aromatic heterocycles. The highest BCUT2D eigenvalue weighted by atomic mass is 16.5. The van der Waals surface area contributed by atoms with E-state index in [1.165, 1.54) is 0 Å². The van der Waals surface area contributed by atoms with Gasteiger partial charge in [0.1, 0.15) is 17.2 Å². The fourth-order valence-electron chi connectivity index (χ4n) is 1.76. The van der Waals surface area contributed by atoms with Gasteiger partial charge in [0.25, 0.3) is 0 Å². The second kappa shape index (κ2) is 6.61. The molecule has 20 heavy (non-hydrogen) atoms. The number of aryl methyl sites for hydroxylation is 1. The second-order valence-electron chi connectivity index (χ2n) is 4.32. The summed E-state index contributed by atoms with van der Waals surface area (Å²) in [5.74, 6) is 1.43. The minimum atomic E-state index is -0.788. The molecule has 2 aromatic rings. The molecule has 0 saturated carbocycles. The monoisotopic (exact) mass is 272 g/mol. The first-order chi connectivity index (χ1) is 9.67. The summed E-state index contributed by atoms with van der Waals surface area (Å²) < 4.78 is 10.8. The summed E-state index contributed by atoms with van der Waals surface area (Å²) in [4.78, 5) is 10.5. The molecule has 0 unspecified atom stereocenters. The van der Waals surface area contributed by atoms with E-state index in [0.717, 1.165) is 17.1 Å². The van der Waals surface area contributed by atoms with Crippen molar-refractivity contribution in [2.75, 3.05) is 7.11 Å². The number of methoxy groups -OCH3 is 1. The van der Waals surface area contributed by atoms with Crippen LogP contribution >= 0.6 is 0 Å². The number of carboxylic acids is 1. The SMILES string of the molecule is COc1ccc(Oc2ccc(CCC(=O)O)cc2)cc1. The molecule has 0 aliphatic carbocycles. The van der Waals surface area contributed by atoms with E-state index in [4.69, 9.17) is 14.6 Å². The zero-order valence-electron chi connectivity index (χ0n) is 11.2. The number of hydrogen-bond acceptors (Lipinski definition) is 3. The van der Waals surface area contributed by atoms with Crippen LogP contribution in [0.2, 0.25) is 0 Å². The molecule has 0 aliphatic rings. The highest BCUT2D eigenvalue weighted by molar-refractivity contribution is 5.67. The number of carboxylic acid groups (broad SMARTS) is 1. The molecule has 0 fully saturated rings. The minimum absolute atomic E-state index is 0.138. The van der Waals surface area contributed by atoms with Crippen molar-refractivity contribution in [3.8, 4) is 17.2 Å². The Bertz CT molecular complexity index is 558. The van der Waals surface area contributed by atoms with Crippen molar-refractivity contribution in [2.45, 2.75) is 12.8 Å². The number of benzene rings is 2. The van der Waals surface area contributed by atoms with E-state index in [1.807, 2.05) is 48.5 Å². The summed E-state index contributed by atoms with van der Waals surface area (Å²) in [6.07, 6.45) is 0.664. The maximum atomic E-state index is 10.5. The van der Waals surface area contributed by atoms with Gasteiger partial charge in [-0.3, -0.25) is 4.79 Å². The maximum Gasteiger partial charge on any atom is 0.303 e. The first-order valence-corrected chi connectivity index (χ1v) is 6.30.